The highest BCUT2D eigenvalue weighted by molar-refractivity contribution is 6.31. The summed E-state index contributed by atoms with van der Waals surface area (Å²) in [4.78, 5) is 15.5. The van der Waals surface area contributed by atoms with Gasteiger partial charge < -0.3 is 8.83 Å². The van der Waals surface area contributed by atoms with E-state index in [1.54, 1.807) is 0 Å². The lowest BCUT2D eigenvalue weighted by molar-refractivity contribution is 0.669. The fraction of sp³-hybridized carbons (Fsp3) is 0. The summed E-state index contributed by atoms with van der Waals surface area (Å²) in [7, 11) is 0. The Morgan fingerprint density at radius 1 is 0.408 bits per heavy atom. The van der Waals surface area contributed by atoms with Gasteiger partial charge in [-0.25, -0.2) is 15.0 Å². The van der Waals surface area contributed by atoms with Crippen LogP contribution < -0.4 is 0 Å². The van der Waals surface area contributed by atoms with Crippen LogP contribution in [0.1, 0.15) is 0 Å². The Labute approximate surface area is 285 Å². The number of para-hydroxylation sites is 2. The molecule has 3 heterocycles. The summed E-state index contributed by atoms with van der Waals surface area (Å²) in [5.74, 6) is 1.66. The second-order valence-electron chi connectivity index (χ2n) is 12.1. The van der Waals surface area contributed by atoms with Crippen LogP contribution in [0.3, 0.4) is 0 Å². The summed E-state index contributed by atoms with van der Waals surface area (Å²) in [5, 5.41) is 6.78. The van der Waals surface area contributed by atoms with Crippen molar-refractivity contribution >= 4 is 66.3 Å². The lowest BCUT2D eigenvalue weighted by Gasteiger charge is -2.15. The molecule has 230 valence electrons. The van der Waals surface area contributed by atoms with Crippen molar-refractivity contribution in [1.82, 2.24) is 15.0 Å². The van der Waals surface area contributed by atoms with E-state index in [2.05, 4.69) is 36.4 Å². The van der Waals surface area contributed by atoms with Crippen LogP contribution in [0.4, 0.5) is 0 Å². The molecular formula is C43H24ClN3O2. The topological polar surface area (TPSA) is 65.0 Å². The molecule has 0 aliphatic rings. The van der Waals surface area contributed by atoms with Gasteiger partial charge in [-0.3, -0.25) is 0 Å². The Bertz CT molecular complexity index is 2910. The minimum absolute atomic E-state index is 0.536. The number of fused-ring (bicyclic) bond motifs is 7. The van der Waals surface area contributed by atoms with Crippen molar-refractivity contribution in [3.05, 3.63) is 151 Å². The summed E-state index contributed by atoms with van der Waals surface area (Å²) < 4.78 is 12.7. The molecule has 3 aromatic heterocycles. The molecule has 0 atom stereocenters. The van der Waals surface area contributed by atoms with Crippen LogP contribution in [-0.4, -0.2) is 15.0 Å². The molecule has 5 nitrogen and oxygen atoms in total. The van der Waals surface area contributed by atoms with Crippen LogP contribution in [0, 0.1) is 0 Å². The maximum Gasteiger partial charge on any atom is 0.164 e. The van der Waals surface area contributed by atoms with E-state index in [1.807, 2.05) is 109 Å². The molecule has 0 aliphatic carbocycles. The number of halogens is 1. The third-order valence-electron chi connectivity index (χ3n) is 9.19. The zero-order valence-electron chi connectivity index (χ0n) is 25.9. The number of nitrogens with zero attached hydrogens (tertiary/aromatic N) is 3. The van der Waals surface area contributed by atoms with Crippen molar-refractivity contribution in [2.75, 3.05) is 0 Å². The summed E-state index contributed by atoms with van der Waals surface area (Å²) in [5.41, 5.74) is 7.73. The monoisotopic (exact) mass is 649 g/mol. The second-order valence-corrected chi connectivity index (χ2v) is 12.5. The molecule has 0 saturated heterocycles. The van der Waals surface area contributed by atoms with E-state index in [1.165, 1.54) is 0 Å². The van der Waals surface area contributed by atoms with Crippen molar-refractivity contribution < 1.29 is 8.83 Å². The average molecular weight is 650 g/mol. The quantitative estimate of drug-likeness (QED) is 0.190. The van der Waals surface area contributed by atoms with Gasteiger partial charge in [-0.1, -0.05) is 115 Å². The number of benzene rings is 7. The number of furan rings is 2. The van der Waals surface area contributed by atoms with Gasteiger partial charge in [-0.05, 0) is 58.8 Å². The standard InChI is InChI=1S/C43H24ClN3O2/c44-27-21-22-29(33(24-27)39-28-14-5-4-13-26(28)23-37-40(39)31-16-7-9-19-35(31)49-37)42-45-41(25-11-2-1-3-12-25)46-43(47-42)32-17-10-20-36-38(32)30-15-6-8-18-34(30)48-36/h1-24H. The maximum atomic E-state index is 6.82. The zero-order valence-corrected chi connectivity index (χ0v) is 26.6. The predicted octanol–water partition coefficient (Wildman–Crippen LogP) is 12.1. The van der Waals surface area contributed by atoms with Crippen LogP contribution in [-0.2, 0) is 0 Å². The third-order valence-corrected chi connectivity index (χ3v) is 9.43. The van der Waals surface area contributed by atoms with Gasteiger partial charge in [0.05, 0.1) is 0 Å². The normalized spacial score (nSPS) is 11.8. The van der Waals surface area contributed by atoms with Gasteiger partial charge in [0.2, 0.25) is 0 Å². The molecule has 0 unspecified atom stereocenters. The molecule has 49 heavy (non-hydrogen) atoms. The van der Waals surface area contributed by atoms with Crippen LogP contribution >= 0.6 is 11.6 Å². The Kier molecular flexibility index (Phi) is 6.16. The Hall–Kier alpha value is -6.30. The van der Waals surface area contributed by atoms with Crippen molar-refractivity contribution in [3.63, 3.8) is 0 Å². The number of aromatic nitrogens is 3. The first-order valence-electron chi connectivity index (χ1n) is 16.0. The van der Waals surface area contributed by atoms with Crippen LogP contribution in [0.2, 0.25) is 5.02 Å². The molecule has 0 spiro atoms. The van der Waals surface area contributed by atoms with E-state index in [0.29, 0.717) is 22.5 Å². The molecule has 0 aliphatic heterocycles. The van der Waals surface area contributed by atoms with Gasteiger partial charge in [-0.15, -0.1) is 0 Å². The van der Waals surface area contributed by atoms with Crippen LogP contribution in [0.15, 0.2) is 154 Å². The largest absolute Gasteiger partial charge is 0.456 e. The average Bonchev–Trinajstić information content (AvgIpc) is 3.72. The van der Waals surface area contributed by atoms with Gasteiger partial charge >= 0.3 is 0 Å². The van der Waals surface area contributed by atoms with Crippen LogP contribution in [0.25, 0.3) is 99.9 Å². The molecule has 0 bridgehead atoms. The van der Waals surface area contributed by atoms with Crippen molar-refractivity contribution in [3.8, 4) is 45.3 Å². The molecule has 6 heteroatoms. The predicted molar refractivity (Wildman–Crippen MR) is 199 cm³/mol. The van der Waals surface area contributed by atoms with Crippen molar-refractivity contribution in [1.29, 1.82) is 0 Å². The van der Waals surface area contributed by atoms with E-state index in [0.717, 1.165) is 82.5 Å². The highest BCUT2D eigenvalue weighted by atomic mass is 35.5. The zero-order chi connectivity index (χ0) is 32.5. The van der Waals surface area contributed by atoms with E-state index >= 15 is 0 Å². The number of hydrogen-bond donors (Lipinski definition) is 0. The van der Waals surface area contributed by atoms with Gasteiger partial charge in [0, 0.05) is 48.8 Å². The van der Waals surface area contributed by atoms with Gasteiger partial charge in [0.15, 0.2) is 17.5 Å². The third kappa shape index (κ3) is 4.44. The first-order valence-corrected chi connectivity index (χ1v) is 16.4. The molecule has 10 rings (SSSR count). The lowest BCUT2D eigenvalue weighted by Crippen LogP contribution is -2.01. The van der Waals surface area contributed by atoms with Gasteiger partial charge in [0.1, 0.15) is 22.3 Å². The highest BCUT2D eigenvalue weighted by Gasteiger charge is 2.23. The van der Waals surface area contributed by atoms with E-state index in [-0.39, 0.29) is 0 Å². The molecule has 0 N–H and O–H groups in total. The first kappa shape index (κ1) is 27.8. The summed E-state index contributed by atoms with van der Waals surface area (Å²) >= 11 is 6.82. The fourth-order valence-corrected chi connectivity index (χ4v) is 7.21. The minimum atomic E-state index is 0.536. The van der Waals surface area contributed by atoms with Gasteiger partial charge in [-0.2, -0.15) is 0 Å². The molecule has 0 fully saturated rings. The molecule has 7 aromatic carbocycles. The SMILES string of the molecule is Clc1ccc(-c2nc(-c3ccccc3)nc(-c3cccc4oc5ccccc5c34)n2)c(-c2c3ccccc3cc3oc4ccccc4c23)c1. The second kappa shape index (κ2) is 10.9. The fourth-order valence-electron chi connectivity index (χ4n) is 7.04. The summed E-state index contributed by atoms with van der Waals surface area (Å²) in [6.07, 6.45) is 0. The van der Waals surface area contributed by atoms with E-state index in [9.17, 15) is 0 Å². The number of hydrogen-bond acceptors (Lipinski definition) is 5. The molecule has 0 saturated carbocycles. The Balaban J connectivity index is 1.31. The summed E-state index contributed by atoms with van der Waals surface area (Å²) in [6, 6.07) is 48.6. The first-order chi connectivity index (χ1) is 24.2. The minimum Gasteiger partial charge on any atom is -0.456 e. The van der Waals surface area contributed by atoms with E-state index in [4.69, 9.17) is 35.4 Å². The molecule has 0 radical (unpaired) electrons. The summed E-state index contributed by atoms with van der Waals surface area (Å²) in [6.45, 7) is 0. The van der Waals surface area contributed by atoms with Crippen LogP contribution in [0.5, 0.6) is 0 Å². The Morgan fingerprint density at radius 2 is 1.02 bits per heavy atom. The lowest BCUT2D eigenvalue weighted by atomic mass is 9.90. The molecule has 10 aromatic rings. The van der Waals surface area contributed by atoms with Gasteiger partial charge in [0.25, 0.3) is 0 Å². The highest BCUT2D eigenvalue weighted by Crippen LogP contribution is 2.45. The molecular weight excluding hydrogens is 626 g/mol. The number of rotatable bonds is 4. The smallest absolute Gasteiger partial charge is 0.164 e. The van der Waals surface area contributed by atoms with E-state index < -0.39 is 0 Å². The molecule has 0 amide bonds. The van der Waals surface area contributed by atoms with Crippen molar-refractivity contribution in [2.45, 2.75) is 0 Å². The van der Waals surface area contributed by atoms with Crippen molar-refractivity contribution in [2.24, 2.45) is 0 Å². The Morgan fingerprint density at radius 3 is 1.82 bits per heavy atom. The maximum absolute atomic E-state index is 6.82.